The lowest BCUT2D eigenvalue weighted by atomic mass is 10.1. The van der Waals surface area contributed by atoms with Gasteiger partial charge in [0.2, 0.25) is 11.8 Å². The van der Waals surface area contributed by atoms with Crippen molar-refractivity contribution >= 4 is 28.4 Å². The molecule has 2 amide bonds. The minimum atomic E-state index is -0.681. The van der Waals surface area contributed by atoms with Gasteiger partial charge in [0.1, 0.15) is 5.92 Å². The Hall–Kier alpha value is -2.63. The summed E-state index contributed by atoms with van der Waals surface area (Å²) in [4.78, 5) is 29.2. The van der Waals surface area contributed by atoms with E-state index in [-0.39, 0.29) is 5.91 Å². The van der Waals surface area contributed by atoms with Gasteiger partial charge in [0, 0.05) is 30.4 Å². The lowest BCUT2D eigenvalue weighted by Gasteiger charge is -2.16. The van der Waals surface area contributed by atoms with E-state index in [0.29, 0.717) is 25.2 Å². The Balaban J connectivity index is 1.83. The molecule has 0 saturated carbocycles. The van der Waals surface area contributed by atoms with E-state index in [1.54, 1.807) is 17.2 Å². The molecule has 0 unspecified atom stereocenters. The average Bonchev–Trinajstić information content (AvgIpc) is 2.80. The largest absolute Gasteiger partial charge is 0.398 e. The molecular weight excluding hydrogens is 268 g/mol. The van der Waals surface area contributed by atoms with Crippen LogP contribution in [0.1, 0.15) is 12.0 Å². The molecule has 0 spiro atoms. The monoisotopic (exact) mass is 284 g/mol. The summed E-state index contributed by atoms with van der Waals surface area (Å²) in [6, 6.07) is 7.49. The lowest BCUT2D eigenvalue weighted by Crippen LogP contribution is -2.33. The van der Waals surface area contributed by atoms with Crippen molar-refractivity contribution in [3.8, 4) is 0 Å². The van der Waals surface area contributed by atoms with Gasteiger partial charge in [0.05, 0.1) is 5.52 Å². The van der Waals surface area contributed by atoms with Crippen molar-refractivity contribution in [3.63, 3.8) is 0 Å². The molecule has 6 heteroatoms. The first-order valence-electron chi connectivity index (χ1n) is 6.77. The highest BCUT2D eigenvalue weighted by Crippen LogP contribution is 2.23. The number of fused-ring (bicyclic) bond motifs is 1. The fourth-order valence-electron chi connectivity index (χ4n) is 2.69. The van der Waals surface area contributed by atoms with Gasteiger partial charge >= 0.3 is 0 Å². The molecule has 108 valence electrons. The Morgan fingerprint density at radius 2 is 2.19 bits per heavy atom. The Labute approximate surface area is 121 Å². The summed E-state index contributed by atoms with van der Waals surface area (Å²) in [5.74, 6) is -1.42. The standard InChI is InChI=1S/C15H16N4O2/c16-12-3-5-18-13-7-9(1-2-10(12)13)8-19-6-4-11(14(17)20)15(19)21/h1-3,5,7,11H,4,6,8H2,(H2,16,18)(H2,17,20)/t11-/m0/s1. The molecule has 3 rings (SSSR count). The number of primary amides is 1. The van der Waals surface area contributed by atoms with Gasteiger partial charge in [-0.05, 0) is 24.1 Å². The van der Waals surface area contributed by atoms with Crippen LogP contribution in [0.15, 0.2) is 30.5 Å². The zero-order valence-electron chi connectivity index (χ0n) is 11.5. The molecule has 1 aliphatic rings. The highest BCUT2D eigenvalue weighted by molar-refractivity contribution is 6.00. The van der Waals surface area contributed by atoms with Crippen molar-refractivity contribution in [1.82, 2.24) is 9.88 Å². The van der Waals surface area contributed by atoms with E-state index < -0.39 is 11.8 Å². The van der Waals surface area contributed by atoms with Crippen LogP contribution < -0.4 is 11.5 Å². The predicted molar refractivity (Wildman–Crippen MR) is 78.9 cm³/mol. The molecule has 2 aromatic rings. The number of amides is 2. The fourth-order valence-corrected chi connectivity index (χ4v) is 2.69. The molecule has 1 aromatic carbocycles. The molecule has 2 heterocycles. The van der Waals surface area contributed by atoms with E-state index in [0.717, 1.165) is 16.5 Å². The van der Waals surface area contributed by atoms with Gasteiger partial charge in [-0.15, -0.1) is 0 Å². The van der Waals surface area contributed by atoms with Gasteiger partial charge in [-0.3, -0.25) is 14.6 Å². The molecule has 0 aliphatic carbocycles. The third kappa shape index (κ3) is 2.40. The van der Waals surface area contributed by atoms with Crippen LogP contribution in [-0.2, 0) is 16.1 Å². The first kappa shape index (κ1) is 13.4. The molecule has 1 aliphatic heterocycles. The Morgan fingerprint density at radius 1 is 1.38 bits per heavy atom. The molecule has 1 saturated heterocycles. The van der Waals surface area contributed by atoms with Gasteiger partial charge in [-0.25, -0.2) is 0 Å². The molecule has 1 aromatic heterocycles. The highest BCUT2D eigenvalue weighted by Gasteiger charge is 2.35. The summed E-state index contributed by atoms with van der Waals surface area (Å²) < 4.78 is 0. The third-order valence-corrected chi connectivity index (χ3v) is 3.86. The summed E-state index contributed by atoms with van der Waals surface area (Å²) in [6.07, 6.45) is 2.15. The number of hydrogen-bond donors (Lipinski definition) is 2. The lowest BCUT2D eigenvalue weighted by molar-refractivity contribution is -0.136. The van der Waals surface area contributed by atoms with Crippen molar-refractivity contribution in [2.45, 2.75) is 13.0 Å². The second-order valence-corrected chi connectivity index (χ2v) is 5.26. The van der Waals surface area contributed by atoms with Gasteiger partial charge < -0.3 is 16.4 Å². The van der Waals surface area contributed by atoms with E-state index in [2.05, 4.69) is 4.98 Å². The van der Waals surface area contributed by atoms with Crippen molar-refractivity contribution in [2.75, 3.05) is 12.3 Å². The SMILES string of the molecule is NC(=O)[C@@H]1CCN(Cc2ccc3c(N)ccnc3c2)C1=O. The maximum Gasteiger partial charge on any atom is 0.235 e. The van der Waals surface area contributed by atoms with E-state index in [9.17, 15) is 9.59 Å². The molecule has 1 fully saturated rings. The van der Waals surface area contributed by atoms with Crippen molar-refractivity contribution in [1.29, 1.82) is 0 Å². The number of carbonyl (C=O) groups is 2. The summed E-state index contributed by atoms with van der Waals surface area (Å²) in [5.41, 5.74) is 13.5. The van der Waals surface area contributed by atoms with Gasteiger partial charge in [-0.1, -0.05) is 12.1 Å². The van der Waals surface area contributed by atoms with Crippen molar-refractivity contribution in [3.05, 3.63) is 36.0 Å². The highest BCUT2D eigenvalue weighted by atomic mass is 16.2. The van der Waals surface area contributed by atoms with Crippen LogP contribution in [0.25, 0.3) is 10.9 Å². The quantitative estimate of drug-likeness (QED) is 0.808. The maximum atomic E-state index is 12.1. The Kier molecular flexibility index (Phi) is 3.21. The Bertz CT molecular complexity index is 729. The zero-order chi connectivity index (χ0) is 15.0. The van der Waals surface area contributed by atoms with Gasteiger partial charge in [-0.2, -0.15) is 0 Å². The topological polar surface area (TPSA) is 102 Å². The van der Waals surface area contributed by atoms with Crippen LogP contribution >= 0.6 is 0 Å². The number of pyridine rings is 1. The second kappa shape index (κ2) is 5.05. The number of nitrogens with zero attached hydrogens (tertiary/aromatic N) is 2. The van der Waals surface area contributed by atoms with Gasteiger partial charge in [0.25, 0.3) is 0 Å². The summed E-state index contributed by atoms with van der Waals surface area (Å²) in [6.45, 7) is 1.00. The number of aromatic nitrogens is 1. The number of hydrogen-bond acceptors (Lipinski definition) is 4. The number of carbonyl (C=O) groups excluding carboxylic acids is 2. The second-order valence-electron chi connectivity index (χ2n) is 5.26. The van der Waals surface area contributed by atoms with E-state index in [1.807, 2.05) is 18.2 Å². The third-order valence-electron chi connectivity index (χ3n) is 3.86. The number of anilines is 1. The van der Waals surface area contributed by atoms with Gasteiger partial charge in [0.15, 0.2) is 0 Å². The summed E-state index contributed by atoms with van der Waals surface area (Å²) in [5, 5.41) is 0.893. The van der Waals surface area contributed by atoms with Crippen LogP contribution in [0.2, 0.25) is 0 Å². The maximum absolute atomic E-state index is 12.1. The van der Waals surface area contributed by atoms with Crippen molar-refractivity contribution in [2.24, 2.45) is 11.7 Å². The predicted octanol–water partition coefficient (Wildman–Crippen LogP) is 0.651. The molecule has 4 N–H and O–H groups in total. The smallest absolute Gasteiger partial charge is 0.235 e. The normalized spacial score (nSPS) is 18.4. The zero-order valence-corrected chi connectivity index (χ0v) is 11.5. The minimum Gasteiger partial charge on any atom is -0.398 e. The average molecular weight is 284 g/mol. The molecule has 0 bridgehead atoms. The summed E-state index contributed by atoms with van der Waals surface area (Å²) >= 11 is 0. The van der Waals surface area contributed by atoms with E-state index >= 15 is 0 Å². The van der Waals surface area contributed by atoms with Crippen molar-refractivity contribution < 1.29 is 9.59 Å². The number of nitrogens with two attached hydrogens (primary N) is 2. The molecule has 0 radical (unpaired) electrons. The number of likely N-dealkylation sites (tertiary alicyclic amines) is 1. The number of benzene rings is 1. The van der Waals surface area contributed by atoms with Crippen LogP contribution in [-0.4, -0.2) is 28.2 Å². The molecule has 6 nitrogen and oxygen atoms in total. The van der Waals surface area contributed by atoms with Crippen LogP contribution in [0.5, 0.6) is 0 Å². The number of rotatable bonds is 3. The Morgan fingerprint density at radius 3 is 2.90 bits per heavy atom. The van der Waals surface area contributed by atoms with Crippen LogP contribution in [0.4, 0.5) is 5.69 Å². The van der Waals surface area contributed by atoms with E-state index in [4.69, 9.17) is 11.5 Å². The minimum absolute atomic E-state index is 0.192. The molecular formula is C15H16N4O2. The first-order chi connectivity index (χ1) is 10.1. The molecule has 1 atom stereocenters. The fraction of sp³-hybridized carbons (Fsp3) is 0.267. The number of nitrogen functional groups attached to an aromatic ring is 1. The molecule has 21 heavy (non-hydrogen) atoms. The van der Waals surface area contributed by atoms with E-state index in [1.165, 1.54) is 0 Å². The van der Waals surface area contributed by atoms with Crippen LogP contribution in [0.3, 0.4) is 0 Å². The van der Waals surface area contributed by atoms with Crippen LogP contribution in [0, 0.1) is 5.92 Å². The summed E-state index contributed by atoms with van der Waals surface area (Å²) in [7, 11) is 0. The first-order valence-corrected chi connectivity index (χ1v) is 6.77.